The molecular weight excluding hydrogens is 358 g/mol. The number of amides is 3. The molecule has 2 aliphatic heterocycles. The van der Waals surface area contributed by atoms with E-state index in [0.29, 0.717) is 25.1 Å². The highest BCUT2D eigenvalue weighted by Crippen LogP contribution is 2.30. The van der Waals surface area contributed by atoms with E-state index in [1.54, 1.807) is 17.0 Å². The van der Waals surface area contributed by atoms with Gasteiger partial charge in [0.25, 0.3) is 5.91 Å². The minimum Gasteiger partial charge on any atom is -0.311 e. The quantitative estimate of drug-likeness (QED) is 0.614. The van der Waals surface area contributed by atoms with E-state index in [0.717, 1.165) is 12.0 Å². The smallest absolute Gasteiger partial charge is 0.311 e. The number of hydroxylamine groups is 2. The van der Waals surface area contributed by atoms with E-state index < -0.39 is 6.04 Å². The molecule has 0 aliphatic carbocycles. The number of rotatable bonds is 5. The number of urea groups is 1. The van der Waals surface area contributed by atoms with Gasteiger partial charge in [0, 0.05) is 24.5 Å². The van der Waals surface area contributed by atoms with Crippen molar-refractivity contribution in [3.05, 3.63) is 66.0 Å². The number of hydrogen-bond acceptors (Lipinski definition) is 5. The highest BCUT2D eigenvalue weighted by Gasteiger charge is 2.47. The van der Waals surface area contributed by atoms with Crippen molar-refractivity contribution in [3.8, 4) is 0 Å². The van der Waals surface area contributed by atoms with Gasteiger partial charge in [-0.2, -0.15) is 5.06 Å². The first-order valence-corrected chi connectivity index (χ1v) is 9.20. The first-order valence-electron chi connectivity index (χ1n) is 9.20. The average molecular weight is 379 g/mol. The fourth-order valence-electron chi connectivity index (χ4n) is 3.60. The van der Waals surface area contributed by atoms with E-state index in [9.17, 15) is 9.59 Å². The Bertz CT molecular complexity index is 874. The van der Waals surface area contributed by atoms with Crippen LogP contribution in [0.2, 0.25) is 0 Å². The molecule has 2 aromatic rings. The highest BCUT2D eigenvalue weighted by molar-refractivity contribution is 6.07. The second-order valence-corrected chi connectivity index (χ2v) is 6.87. The summed E-state index contributed by atoms with van der Waals surface area (Å²) in [6, 6.07) is 12.1. The first kappa shape index (κ1) is 18.1. The highest BCUT2D eigenvalue weighted by atomic mass is 16.7. The second-order valence-electron chi connectivity index (χ2n) is 6.87. The maximum Gasteiger partial charge on any atom is 0.344 e. The molecule has 8 heteroatoms. The zero-order valence-corrected chi connectivity index (χ0v) is 15.2. The molecule has 2 atom stereocenters. The molecule has 4 rings (SSSR count). The lowest BCUT2D eigenvalue weighted by atomic mass is 10.00. The monoisotopic (exact) mass is 379 g/mol. The normalized spacial score (nSPS) is 20.9. The minimum atomic E-state index is -0.458. The van der Waals surface area contributed by atoms with Gasteiger partial charge in [-0.1, -0.05) is 30.3 Å². The molecule has 2 N–H and O–H groups in total. The lowest BCUT2D eigenvalue weighted by Crippen LogP contribution is -2.50. The van der Waals surface area contributed by atoms with Crippen LogP contribution >= 0.6 is 0 Å². The van der Waals surface area contributed by atoms with Gasteiger partial charge in [0.15, 0.2) is 0 Å². The van der Waals surface area contributed by atoms with Crippen LogP contribution in [-0.4, -0.2) is 51.3 Å². The summed E-state index contributed by atoms with van der Waals surface area (Å²) in [5, 5.41) is 12.3. The molecule has 2 saturated heterocycles. The standard InChI is InChI=1S/C20H21N5O3/c21-18(23-19(26)15-8-10-22-11-9-15)17-7-6-16-12-24(17)20(27)25(16)28-13-14-4-2-1-3-5-14/h1-5,8-11,16-17H,6-7,12-13H2,(H2,21,23,26)/t16-,17+/m1/s1. The molecule has 0 unspecified atom stereocenters. The molecule has 2 bridgehead atoms. The number of pyridine rings is 1. The van der Waals surface area contributed by atoms with Crippen molar-refractivity contribution in [2.24, 2.45) is 0 Å². The predicted octanol–water partition coefficient (Wildman–Crippen LogP) is 2.19. The Morgan fingerprint density at radius 3 is 2.68 bits per heavy atom. The van der Waals surface area contributed by atoms with Gasteiger partial charge in [0.05, 0.1) is 12.1 Å². The molecule has 1 aromatic heterocycles. The van der Waals surface area contributed by atoms with Crippen molar-refractivity contribution in [3.63, 3.8) is 0 Å². The molecule has 28 heavy (non-hydrogen) atoms. The first-order chi connectivity index (χ1) is 13.6. The Balaban J connectivity index is 1.38. The molecular formula is C20H21N5O3. The number of aromatic nitrogens is 1. The van der Waals surface area contributed by atoms with E-state index >= 15 is 0 Å². The summed E-state index contributed by atoms with van der Waals surface area (Å²) in [5.41, 5.74) is 1.41. The molecule has 0 radical (unpaired) electrons. The van der Waals surface area contributed by atoms with Crippen LogP contribution in [0.1, 0.15) is 28.8 Å². The molecule has 8 nitrogen and oxygen atoms in total. The van der Waals surface area contributed by atoms with Gasteiger partial charge < -0.3 is 10.2 Å². The molecule has 2 fully saturated rings. The molecule has 2 aliphatic rings. The van der Waals surface area contributed by atoms with Crippen molar-refractivity contribution in [2.45, 2.75) is 31.5 Å². The number of hydrogen-bond donors (Lipinski definition) is 2. The summed E-state index contributed by atoms with van der Waals surface area (Å²) in [6.07, 6.45) is 4.37. The van der Waals surface area contributed by atoms with Crippen LogP contribution in [0.25, 0.3) is 0 Å². The Morgan fingerprint density at radius 1 is 1.18 bits per heavy atom. The number of benzene rings is 1. The number of amidine groups is 1. The fraction of sp³-hybridized carbons (Fsp3) is 0.300. The summed E-state index contributed by atoms with van der Waals surface area (Å²) >= 11 is 0. The van der Waals surface area contributed by atoms with E-state index in [-0.39, 0.29) is 23.8 Å². The van der Waals surface area contributed by atoms with E-state index in [1.165, 1.54) is 17.5 Å². The van der Waals surface area contributed by atoms with Gasteiger partial charge in [-0.15, -0.1) is 0 Å². The van der Waals surface area contributed by atoms with Crippen LogP contribution in [-0.2, 0) is 11.4 Å². The van der Waals surface area contributed by atoms with Crippen molar-refractivity contribution < 1.29 is 14.4 Å². The second kappa shape index (κ2) is 7.77. The molecule has 3 heterocycles. The Labute approximate surface area is 162 Å². The number of nitrogens with one attached hydrogen (secondary N) is 2. The average Bonchev–Trinajstić information content (AvgIpc) is 2.97. The van der Waals surface area contributed by atoms with Crippen LogP contribution in [0.3, 0.4) is 0 Å². The molecule has 1 aromatic carbocycles. The van der Waals surface area contributed by atoms with Crippen molar-refractivity contribution >= 4 is 17.8 Å². The van der Waals surface area contributed by atoms with Gasteiger partial charge >= 0.3 is 6.03 Å². The summed E-state index contributed by atoms with van der Waals surface area (Å²) in [7, 11) is 0. The van der Waals surface area contributed by atoms with Gasteiger partial charge in [0.2, 0.25) is 0 Å². The molecule has 144 valence electrons. The topological polar surface area (TPSA) is 98.6 Å². The van der Waals surface area contributed by atoms with Gasteiger partial charge in [-0.3, -0.25) is 20.0 Å². The summed E-state index contributed by atoms with van der Waals surface area (Å²) in [6.45, 7) is 0.809. The maximum atomic E-state index is 12.8. The van der Waals surface area contributed by atoms with Crippen LogP contribution < -0.4 is 5.32 Å². The fourth-order valence-corrected chi connectivity index (χ4v) is 3.60. The van der Waals surface area contributed by atoms with Crippen LogP contribution in [0.4, 0.5) is 4.79 Å². The van der Waals surface area contributed by atoms with Crippen molar-refractivity contribution in [1.82, 2.24) is 20.3 Å². The molecule has 3 amide bonds. The Hall–Kier alpha value is -3.26. The largest absolute Gasteiger partial charge is 0.344 e. The summed E-state index contributed by atoms with van der Waals surface area (Å²) in [5.74, 6) is -0.350. The van der Waals surface area contributed by atoms with Gasteiger partial charge in [-0.25, -0.2) is 4.79 Å². The third-order valence-corrected chi connectivity index (χ3v) is 5.06. The zero-order valence-electron chi connectivity index (χ0n) is 15.2. The molecule has 0 saturated carbocycles. The van der Waals surface area contributed by atoms with E-state index in [1.807, 2.05) is 30.3 Å². The predicted molar refractivity (Wildman–Crippen MR) is 101 cm³/mol. The van der Waals surface area contributed by atoms with Crippen molar-refractivity contribution in [1.29, 1.82) is 5.41 Å². The number of piperidine rings is 1. The van der Waals surface area contributed by atoms with Crippen LogP contribution in [0.15, 0.2) is 54.9 Å². The maximum absolute atomic E-state index is 12.8. The lowest BCUT2D eigenvalue weighted by Gasteiger charge is -2.30. The lowest BCUT2D eigenvalue weighted by molar-refractivity contribution is -0.140. The number of nitrogens with zero attached hydrogens (tertiary/aromatic N) is 3. The van der Waals surface area contributed by atoms with Crippen LogP contribution in [0.5, 0.6) is 0 Å². The minimum absolute atomic E-state index is 0.0264. The Morgan fingerprint density at radius 2 is 1.93 bits per heavy atom. The number of fused-ring (bicyclic) bond motifs is 2. The summed E-state index contributed by atoms with van der Waals surface area (Å²) < 4.78 is 0. The van der Waals surface area contributed by atoms with Gasteiger partial charge in [-0.05, 0) is 30.5 Å². The number of carbonyl (C=O) groups is 2. The van der Waals surface area contributed by atoms with E-state index in [2.05, 4.69) is 10.3 Å². The summed E-state index contributed by atoms with van der Waals surface area (Å²) in [4.78, 5) is 36.3. The Kier molecular flexibility index (Phi) is 5.03. The van der Waals surface area contributed by atoms with E-state index in [4.69, 9.17) is 10.2 Å². The third-order valence-electron chi connectivity index (χ3n) is 5.06. The van der Waals surface area contributed by atoms with Crippen LogP contribution in [0, 0.1) is 5.41 Å². The van der Waals surface area contributed by atoms with Crippen molar-refractivity contribution in [2.75, 3.05) is 6.54 Å². The number of carbonyl (C=O) groups excluding carboxylic acids is 2. The molecule has 0 spiro atoms. The van der Waals surface area contributed by atoms with Gasteiger partial charge in [0.1, 0.15) is 12.4 Å². The SMILES string of the molecule is N=C(NC(=O)c1ccncc1)[C@@H]1CC[C@@H]2CN1C(=O)N2OCc1ccccc1. The zero-order chi connectivity index (χ0) is 19.5. The third kappa shape index (κ3) is 3.59.